The number of nitriles is 1. The van der Waals surface area contributed by atoms with Gasteiger partial charge in [0.2, 0.25) is 5.91 Å². The lowest BCUT2D eigenvalue weighted by Gasteiger charge is -2.19. The quantitative estimate of drug-likeness (QED) is 0.815. The number of rotatable bonds is 5. The van der Waals surface area contributed by atoms with E-state index in [9.17, 15) is 19.5 Å². The number of anilines is 1. The number of hydrogen-bond acceptors (Lipinski definition) is 4. The van der Waals surface area contributed by atoms with Gasteiger partial charge >= 0.3 is 7.60 Å². The number of hydrogen-bond donors (Lipinski definition) is 1. The van der Waals surface area contributed by atoms with Crippen molar-refractivity contribution in [1.29, 1.82) is 5.26 Å². The summed E-state index contributed by atoms with van der Waals surface area (Å²) in [6.07, 6.45) is 0.134. The topological polar surface area (TPSA) is 90.6 Å². The summed E-state index contributed by atoms with van der Waals surface area (Å²) in [5.74, 6) is -0.375. The Labute approximate surface area is 152 Å². The molecule has 3 rings (SSSR count). The summed E-state index contributed by atoms with van der Waals surface area (Å²) >= 11 is 0. The zero-order valence-electron chi connectivity index (χ0n) is 14.3. The lowest BCUT2D eigenvalue weighted by Crippen LogP contribution is -2.25. The summed E-state index contributed by atoms with van der Waals surface area (Å²) in [6, 6.07) is 17.1. The van der Waals surface area contributed by atoms with Gasteiger partial charge in [-0.15, -0.1) is 0 Å². The van der Waals surface area contributed by atoms with Gasteiger partial charge in [-0.1, -0.05) is 36.4 Å². The number of nitrogens with zero attached hydrogens (tertiary/aromatic N) is 2. The van der Waals surface area contributed by atoms with Crippen molar-refractivity contribution in [2.24, 2.45) is 5.92 Å². The Balaban J connectivity index is 1.85. The molecule has 7 heteroatoms. The molecule has 1 N–H and O–H groups in total. The second kappa shape index (κ2) is 7.43. The van der Waals surface area contributed by atoms with Crippen molar-refractivity contribution >= 4 is 19.2 Å². The molecule has 0 aliphatic carbocycles. The normalized spacial score (nSPS) is 19.2. The molecule has 0 saturated carbocycles. The van der Waals surface area contributed by atoms with Crippen LogP contribution in [0.2, 0.25) is 0 Å². The molecule has 134 valence electrons. The predicted octanol–water partition coefficient (Wildman–Crippen LogP) is 3.41. The third-order valence-electron chi connectivity index (χ3n) is 4.50. The molecule has 0 aromatic heterocycles. The van der Waals surface area contributed by atoms with Gasteiger partial charge in [0.15, 0.2) is 0 Å². The fourth-order valence-corrected chi connectivity index (χ4v) is 4.26. The van der Waals surface area contributed by atoms with E-state index in [2.05, 4.69) is 10.6 Å². The minimum atomic E-state index is -3.66. The molecule has 2 unspecified atom stereocenters. The monoisotopic (exact) mass is 370 g/mol. The van der Waals surface area contributed by atoms with Crippen LogP contribution in [0.1, 0.15) is 12.0 Å². The van der Waals surface area contributed by atoms with Crippen molar-refractivity contribution in [1.82, 2.24) is 0 Å². The highest BCUT2D eigenvalue weighted by molar-refractivity contribution is 7.52. The van der Waals surface area contributed by atoms with Gasteiger partial charge in [-0.3, -0.25) is 9.36 Å². The Morgan fingerprint density at radius 2 is 2.04 bits per heavy atom. The highest BCUT2D eigenvalue weighted by Crippen LogP contribution is 2.45. The maximum atomic E-state index is 12.3. The molecule has 2 aromatic carbocycles. The second-order valence-corrected chi connectivity index (χ2v) is 8.29. The van der Waals surface area contributed by atoms with E-state index in [0.29, 0.717) is 17.8 Å². The van der Waals surface area contributed by atoms with E-state index < -0.39 is 7.60 Å². The molecule has 0 bridgehead atoms. The Bertz CT molecular complexity index is 908. The number of carbonyl (C=O) groups is 1. The minimum Gasteiger partial charge on any atom is -0.324 e. The molecule has 2 aromatic rings. The highest BCUT2D eigenvalue weighted by Gasteiger charge is 2.35. The van der Waals surface area contributed by atoms with Gasteiger partial charge in [-0.05, 0) is 29.2 Å². The minimum absolute atomic E-state index is 0.0566. The lowest BCUT2D eigenvalue weighted by molar-refractivity contribution is -0.117. The van der Waals surface area contributed by atoms with E-state index in [1.54, 1.807) is 17.0 Å². The second-order valence-electron chi connectivity index (χ2n) is 6.28. The van der Waals surface area contributed by atoms with E-state index in [-0.39, 0.29) is 24.4 Å². The van der Waals surface area contributed by atoms with E-state index in [1.807, 2.05) is 36.4 Å². The SMILES string of the molecule is COP(=O)(O)CC1CC(=O)N(c2ccc(-c3ccccc3)c(C#N)c2)C1. The van der Waals surface area contributed by atoms with E-state index in [4.69, 9.17) is 0 Å². The number of amides is 1. The fourth-order valence-electron chi connectivity index (χ4n) is 3.22. The zero-order valence-corrected chi connectivity index (χ0v) is 15.2. The largest absolute Gasteiger partial charge is 0.328 e. The van der Waals surface area contributed by atoms with E-state index in [0.717, 1.165) is 11.1 Å². The van der Waals surface area contributed by atoms with Crippen LogP contribution in [0.15, 0.2) is 48.5 Å². The van der Waals surface area contributed by atoms with Gasteiger partial charge in [0, 0.05) is 25.8 Å². The molecule has 1 heterocycles. The van der Waals surface area contributed by atoms with Crippen LogP contribution in [-0.2, 0) is 13.9 Å². The van der Waals surface area contributed by atoms with Gasteiger partial charge in [-0.25, -0.2) is 0 Å². The first-order chi connectivity index (χ1) is 12.4. The van der Waals surface area contributed by atoms with Crippen LogP contribution in [0.3, 0.4) is 0 Å². The van der Waals surface area contributed by atoms with Crippen LogP contribution >= 0.6 is 7.60 Å². The van der Waals surface area contributed by atoms with Crippen LogP contribution in [-0.4, -0.2) is 30.6 Å². The summed E-state index contributed by atoms with van der Waals surface area (Å²) < 4.78 is 16.4. The van der Waals surface area contributed by atoms with Gasteiger partial charge < -0.3 is 14.3 Å². The number of benzene rings is 2. The smallest absolute Gasteiger partial charge is 0.324 e. The summed E-state index contributed by atoms with van der Waals surface area (Å²) in [6.45, 7) is 0.336. The van der Waals surface area contributed by atoms with Crippen LogP contribution in [0.4, 0.5) is 5.69 Å². The Hall–Kier alpha value is -2.45. The molecule has 1 aliphatic rings. The maximum absolute atomic E-state index is 12.3. The molecular formula is C19H19N2O4P. The molecule has 26 heavy (non-hydrogen) atoms. The van der Waals surface area contributed by atoms with E-state index in [1.165, 1.54) is 7.11 Å². The van der Waals surface area contributed by atoms with Crippen LogP contribution < -0.4 is 4.90 Å². The van der Waals surface area contributed by atoms with Crippen molar-refractivity contribution in [3.8, 4) is 17.2 Å². The molecule has 1 saturated heterocycles. The summed E-state index contributed by atoms with van der Waals surface area (Å²) in [4.78, 5) is 23.5. The van der Waals surface area contributed by atoms with Crippen LogP contribution in [0, 0.1) is 17.2 Å². The van der Waals surface area contributed by atoms with Gasteiger partial charge in [0.05, 0.1) is 17.8 Å². The lowest BCUT2D eigenvalue weighted by atomic mass is 9.99. The Morgan fingerprint density at radius 1 is 1.31 bits per heavy atom. The predicted molar refractivity (Wildman–Crippen MR) is 98.8 cm³/mol. The summed E-state index contributed by atoms with van der Waals surface area (Å²) in [5.41, 5.74) is 2.84. The molecule has 2 atom stereocenters. The Kier molecular flexibility index (Phi) is 5.24. The molecular weight excluding hydrogens is 351 g/mol. The third kappa shape index (κ3) is 3.86. The van der Waals surface area contributed by atoms with Crippen molar-refractivity contribution in [3.05, 3.63) is 54.1 Å². The van der Waals surface area contributed by atoms with E-state index >= 15 is 0 Å². The first-order valence-corrected chi connectivity index (χ1v) is 9.97. The Morgan fingerprint density at radius 3 is 2.69 bits per heavy atom. The zero-order chi connectivity index (χ0) is 18.7. The summed E-state index contributed by atoms with van der Waals surface area (Å²) in [5, 5.41) is 9.51. The summed E-state index contributed by atoms with van der Waals surface area (Å²) in [7, 11) is -2.47. The van der Waals surface area contributed by atoms with Crippen molar-refractivity contribution in [2.75, 3.05) is 24.7 Å². The highest BCUT2D eigenvalue weighted by atomic mass is 31.2. The standard InChI is InChI=1S/C19H19N2O4P/c1-25-26(23,24)13-14-9-19(22)21(12-14)17-7-8-18(16(10-17)11-20)15-5-3-2-4-6-15/h2-8,10,14H,9,12-13H2,1H3,(H,23,24). The van der Waals surface area contributed by atoms with Gasteiger partial charge in [-0.2, -0.15) is 5.26 Å². The molecule has 0 spiro atoms. The molecule has 1 aliphatic heterocycles. The van der Waals surface area contributed by atoms with Gasteiger partial charge in [0.1, 0.15) is 0 Å². The third-order valence-corrected chi connectivity index (χ3v) is 6.05. The first-order valence-electron chi connectivity index (χ1n) is 8.21. The molecule has 1 amide bonds. The molecule has 1 fully saturated rings. The fraction of sp³-hybridized carbons (Fsp3) is 0.263. The maximum Gasteiger partial charge on any atom is 0.328 e. The molecule has 6 nitrogen and oxygen atoms in total. The van der Waals surface area contributed by atoms with Crippen LogP contribution in [0.5, 0.6) is 0 Å². The average molecular weight is 370 g/mol. The van der Waals surface area contributed by atoms with Gasteiger partial charge in [0.25, 0.3) is 0 Å². The average Bonchev–Trinajstić information content (AvgIpc) is 3.01. The first kappa shape index (κ1) is 18.3. The van der Waals surface area contributed by atoms with Crippen molar-refractivity contribution in [2.45, 2.75) is 6.42 Å². The van der Waals surface area contributed by atoms with Crippen LogP contribution in [0.25, 0.3) is 11.1 Å². The van der Waals surface area contributed by atoms with Crippen molar-refractivity contribution in [3.63, 3.8) is 0 Å². The van der Waals surface area contributed by atoms with Crippen molar-refractivity contribution < 1.29 is 18.8 Å². The number of carbonyl (C=O) groups excluding carboxylic acids is 1. The molecule has 0 radical (unpaired) electrons.